The number of ether oxygens (including phenoxy) is 2. The van der Waals surface area contributed by atoms with E-state index < -0.39 is 17.8 Å². The predicted molar refractivity (Wildman–Crippen MR) is 133 cm³/mol. The topological polar surface area (TPSA) is 79.8 Å². The Bertz CT molecular complexity index is 1250. The van der Waals surface area contributed by atoms with E-state index in [-0.39, 0.29) is 18.1 Å². The number of aromatic nitrogens is 2. The lowest BCUT2D eigenvalue weighted by Gasteiger charge is -2.26. The number of nitrogens with one attached hydrogen (secondary N) is 1. The number of nitrogens with zero attached hydrogens (tertiary/aromatic N) is 4. The van der Waals surface area contributed by atoms with Crippen LogP contribution in [0.25, 0.3) is 0 Å². The highest BCUT2D eigenvalue weighted by molar-refractivity contribution is 6.03. The molecule has 0 saturated carbocycles. The molecular formula is C25H25ClF3N5O3. The Morgan fingerprint density at radius 1 is 1.05 bits per heavy atom. The summed E-state index contributed by atoms with van der Waals surface area (Å²) in [6.45, 7) is 4.20. The third-order valence-corrected chi connectivity index (χ3v) is 6.04. The third-order valence-electron chi connectivity index (χ3n) is 6.04. The van der Waals surface area contributed by atoms with Gasteiger partial charge in [0.25, 0.3) is 0 Å². The standard InChI is InChI=1S/C25H24F3N5O3.ClH/c26-25(27,28)18-2-1-3-19(13-18)31-24(34)33-7-6-17-12-21(4-5-22(17)33)36-23-14-20(29-16-30-23)15-32-8-10-35-11-9-32;/h1-5,12-14,16H,6-11,15H2,(H,31,34);1H. The molecule has 2 aliphatic rings. The van der Waals surface area contributed by atoms with Crippen LogP contribution in [0, 0.1) is 0 Å². The van der Waals surface area contributed by atoms with E-state index >= 15 is 0 Å². The monoisotopic (exact) mass is 535 g/mol. The molecule has 12 heteroatoms. The third kappa shape index (κ3) is 6.48. The largest absolute Gasteiger partial charge is 0.439 e. The van der Waals surface area contributed by atoms with Gasteiger partial charge in [-0.3, -0.25) is 9.80 Å². The van der Waals surface area contributed by atoms with Crippen LogP contribution in [0.15, 0.2) is 54.9 Å². The minimum Gasteiger partial charge on any atom is -0.439 e. The maximum Gasteiger partial charge on any atom is 0.416 e. The summed E-state index contributed by atoms with van der Waals surface area (Å²) < 4.78 is 50.3. The Hall–Kier alpha value is -3.41. The van der Waals surface area contributed by atoms with E-state index in [4.69, 9.17) is 9.47 Å². The van der Waals surface area contributed by atoms with Crippen LogP contribution in [0.5, 0.6) is 11.6 Å². The molecule has 37 heavy (non-hydrogen) atoms. The van der Waals surface area contributed by atoms with Crippen LogP contribution >= 0.6 is 12.4 Å². The van der Waals surface area contributed by atoms with E-state index in [0.717, 1.165) is 36.5 Å². The number of hydrogen-bond acceptors (Lipinski definition) is 6. The van der Waals surface area contributed by atoms with Crippen LogP contribution in [0.4, 0.5) is 29.3 Å². The first-order chi connectivity index (χ1) is 17.3. The zero-order chi connectivity index (χ0) is 25.1. The van der Waals surface area contributed by atoms with Crippen molar-refractivity contribution in [3.63, 3.8) is 0 Å². The van der Waals surface area contributed by atoms with Crippen LogP contribution in [0.1, 0.15) is 16.8 Å². The van der Waals surface area contributed by atoms with Crippen LogP contribution in [0.2, 0.25) is 0 Å². The van der Waals surface area contributed by atoms with Crippen LogP contribution in [-0.4, -0.2) is 53.7 Å². The molecule has 3 aromatic rings. The smallest absolute Gasteiger partial charge is 0.416 e. The summed E-state index contributed by atoms with van der Waals surface area (Å²) in [5.74, 6) is 0.996. The Kier molecular flexibility index (Phi) is 8.16. The molecule has 2 amide bonds. The normalized spacial score (nSPS) is 15.6. The summed E-state index contributed by atoms with van der Waals surface area (Å²) in [4.78, 5) is 25.1. The molecule has 1 saturated heterocycles. The number of morpholine rings is 1. The second-order valence-corrected chi connectivity index (χ2v) is 8.54. The molecule has 0 aliphatic carbocycles. The lowest BCUT2D eigenvalue weighted by Crippen LogP contribution is -2.35. The van der Waals surface area contributed by atoms with Gasteiger partial charge in [-0.25, -0.2) is 14.8 Å². The van der Waals surface area contributed by atoms with Gasteiger partial charge in [0.15, 0.2) is 0 Å². The van der Waals surface area contributed by atoms with Crippen LogP contribution in [-0.2, 0) is 23.9 Å². The second kappa shape index (κ2) is 11.3. The van der Waals surface area contributed by atoms with Crippen molar-refractivity contribution >= 4 is 29.8 Å². The van der Waals surface area contributed by atoms with Gasteiger partial charge in [-0.15, -0.1) is 12.4 Å². The minimum absolute atomic E-state index is 0. The van der Waals surface area contributed by atoms with Crippen LogP contribution in [0.3, 0.4) is 0 Å². The van der Waals surface area contributed by atoms with Crippen molar-refractivity contribution in [2.24, 2.45) is 0 Å². The Balaban J connectivity index is 0.00000320. The quantitative estimate of drug-likeness (QED) is 0.487. The summed E-state index contributed by atoms with van der Waals surface area (Å²) in [5.41, 5.74) is 1.69. The molecule has 2 aromatic carbocycles. The first-order valence-corrected chi connectivity index (χ1v) is 11.5. The molecule has 5 rings (SSSR count). The van der Waals surface area contributed by atoms with Crippen molar-refractivity contribution in [2.45, 2.75) is 19.1 Å². The van der Waals surface area contributed by atoms with Gasteiger partial charge in [-0.1, -0.05) is 6.07 Å². The Labute approximate surface area is 217 Å². The number of carbonyl (C=O) groups is 1. The van der Waals surface area contributed by atoms with E-state index in [0.29, 0.717) is 50.0 Å². The molecular weight excluding hydrogens is 511 g/mol. The van der Waals surface area contributed by atoms with E-state index in [1.807, 2.05) is 6.07 Å². The molecule has 0 atom stereocenters. The molecule has 0 bridgehead atoms. The number of anilines is 2. The van der Waals surface area contributed by atoms with Gasteiger partial charge in [-0.05, 0) is 48.4 Å². The van der Waals surface area contributed by atoms with Crippen LogP contribution < -0.4 is 15.0 Å². The number of amides is 2. The van der Waals surface area contributed by atoms with E-state index in [2.05, 4.69) is 20.2 Å². The molecule has 8 nitrogen and oxygen atoms in total. The Morgan fingerprint density at radius 2 is 1.86 bits per heavy atom. The molecule has 196 valence electrons. The second-order valence-electron chi connectivity index (χ2n) is 8.54. The lowest BCUT2D eigenvalue weighted by molar-refractivity contribution is -0.137. The average molecular weight is 536 g/mol. The van der Waals surface area contributed by atoms with E-state index in [1.165, 1.54) is 23.4 Å². The molecule has 1 aromatic heterocycles. The van der Waals surface area contributed by atoms with Crippen molar-refractivity contribution in [1.82, 2.24) is 14.9 Å². The molecule has 0 radical (unpaired) electrons. The number of hydrogen-bond donors (Lipinski definition) is 1. The van der Waals surface area contributed by atoms with Gasteiger partial charge in [0.1, 0.15) is 12.1 Å². The fourth-order valence-corrected chi connectivity index (χ4v) is 4.25. The number of halogens is 4. The molecule has 3 heterocycles. The zero-order valence-electron chi connectivity index (χ0n) is 19.7. The summed E-state index contributed by atoms with van der Waals surface area (Å²) in [6, 6.07) is 11.2. The molecule has 0 spiro atoms. The van der Waals surface area contributed by atoms with E-state index in [9.17, 15) is 18.0 Å². The first-order valence-electron chi connectivity index (χ1n) is 11.5. The van der Waals surface area contributed by atoms with Crippen molar-refractivity contribution in [3.8, 4) is 11.6 Å². The van der Waals surface area contributed by atoms with Crippen molar-refractivity contribution in [3.05, 3.63) is 71.7 Å². The fourth-order valence-electron chi connectivity index (χ4n) is 4.25. The predicted octanol–water partition coefficient (Wildman–Crippen LogP) is 5.14. The van der Waals surface area contributed by atoms with Gasteiger partial charge in [0.05, 0.1) is 24.5 Å². The maximum absolute atomic E-state index is 13.0. The fraction of sp³-hybridized carbons (Fsp3) is 0.320. The maximum atomic E-state index is 13.0. The number of fused-ring (bicyclic) bond motifs is 1. The van der Waals surface area contributed by atoms with Gasteiger partial charge >= 0.3 is 12.2 Å². The highest BCUT2D eigenvalue weighted by atomic mass is 35.5. The summed E-state index contributed by atoms with van der Waals surface area (Å²) in [6.07, 6.45) is -2.42. The number of urea groups is 1. The number of benzene rings is 2. The average Bonchev–Trinajstić information content (AvgIpc) is 3.28. The highest BCUT2D eigenvalue weighted by Gasteiger charge is 2.31. The number of rotatable bonds is 5. The lowest BCUT2D eigenvalue weighted by atomic mass is 10.1. The van der Waals surface area contributed by atoms with Crippen molar-refractivity contribution in [2.75, 3.05) is 43.1 Å². The Morgan fingerprint density at radius 3 is 2.65 bits per heavy atom. The SMILES string of the molecule is Cl.O=C(Nc1cccc(C(F)(F)F)c1)N1CCc2cc(Oc3cc(CN4CCOCC4)ncn3)ccc21. The van der Waals surface area contributed by atoms with Gasteiger partial charge < -0.3 is 14.8 Å². The molecule has 2 aliphatic heterocycles. The number of alkyl halides is 3. The summed E-state index contributed by atoms with van der Waals surface area (Å²) in [7, 11) is 0. The first kappa shape index (κ1) is 26.6. The van der Waals surface area contributed by atoms with Gasteiger partial charge in [0.2, 0.25) is 5.88 Å². The molecule has 1 N–H and O–H groups in total. The highest BCUT2D eigenvalue weighted by Crippen LogP contribution is 2.34. The summed E-state index contributed by atoms with van der Waals surface area (Å²) >= 11 is 0. The van der Waals surface area contributed by atoms with Gasteiger partial charge in [-0.2, -0.15) is 13.2 Å². The molecule has 0 unspecified atom stereocenters. The van der Waals surface area contributed by atoms with Crippen molar-refractivity contribution in [1.29, 1.82) is 0 Å². The summed E-state index contributed by atoms with van der Waals surface area (Å²) in [5, 5.41) is 2.56. The minimum atomic E-state index is -4.48. The van der Waals surface area contributed by atoms with E-state index in [1.54, 1.807) is 18.2 Å². The molecule has 1 fully saturated rings. The van der Waals surface area contributed by atoms with Gasteiger partial charge in [0, 0.05) is 43.6 Å². The zero-order valence-corrected chi connectivity index (χ0v) is 20.5. The number of carbonyl (C=O) groups excluding carboxylic acids is 1. The van der Waals surface area contributed by atoms with Crippen molar-refractivity contribution < 1.29 is 27.4 Å².